The number of nitrogens with one attached hydrogen (secondary N) is 2. The maximum Gasteiger partial charge on any atom is 0.408 e. The molecule has 26 heavy (non-hydrogen) atoms. The molecule has 2 N–H and O–H groups in total. The number of anilines is 2. The van der Waals surface area contributed by atoms with Gasteiger partial charge in [-0.2, -0.15) is 41.3 Å². The molecule has 146 valence electrons. The molecular weight excluding hydrogens is 371 g/mol. The normalized spacial score (nSPS) is 14.9. The van der Waals surface area contributed by atoms with Crippen LogP contribution < -0.4 is 10.6 Å². The van der Waals surface area contributed by atoms with Gasteiger partial charge in [0, 0.05) is 0 Å². The average molecular weight is 387 g/mol. The first-order valence-corrected chi connectivity index (χ1v) is 7.22. The molecule has 1 heterocycles. The Bertz CT molecular complexity index is 642. The first-order valence-electron chi connectivity index (χ1n) is 7.22. The van der Waals surface area contributed by atoms with Crippen molar-refractivity contribution in [2.24, 2.45) is 0 Å². The van der Waals surface area contributed by atoms with Crippen LogP contribution in [0.3, 0.4) is 0 Å². The van der Waals surface area contributed by atoms with Crippen LogP contribution in [0, 0.1) is 11.8 Å². The van der Waals surface area contributed by atoms with Crippen LogP contribution in [-0.2, 0) is 0 Å². The lowest BCUT2D eigenvalue weighted by atomic mass is 10.2. The van der Waals surface area contributed by atoms with Gasteiger partial charge in [-0.3, -0.25) is 0 Å². The Labute approximate surface area is 144 Å². The Morgan fingerprint density at radius 3 is 1.46 bits per heavy atom. The fraction of sp³-hybridized carbons (Fsp3) is 0.643. The molecule has 0 saturated carbocycles. The Balaban J connectivity index is 3.23. The molecule has 0 saturated heterocycles. The summed E-state index contributed by atoms with van der Waals surface area (Å²) >= 11 is 0. The molecule has 2 atom stereocenters. The molecule has 0 unspecified atom stereocenters. The molecule has 0 aliphatic heterocycles. The van der Waals surface area contributed by atoms with E-state index in [1.54, 1.807) is 0 Å². The molecule has 12 heteroatoms. The van der Waals surface area contributed by atoms with Crippen LogP contribution in [0.5, 0.6) is 0 Å². The molecule has 1 aromatic rings. The first kappa shape index (κ1) is 21.7. The van der Waals surface area contributed by atoms with Crippen molar-refractivity contribution >= 4 is 11.9 Å². The van der Waals surface area contributed by atoms with E-state index in [0.717, 1.165) is 27.7 Å². The third-order valence-electron chi connectivity index (χ3n) is 2.78. The number of nitrogens with zero attached hydrogens (tertiary/aromatic N) is 3. The predicted molar refractivity (Wildman–Crippen MR) is 80.2 cm³/mol. The second-order valence-corrected chi connectivity index (χ2v) is 5.84. The highest BCUT2D eigenvalue weighted by atomic mass is 19.4. The zero-order valence-corrected chi connectivity index (χ0v) is 14.1. The number of aromatic nitrogens is 3. The lowest BCUT2D eigenvalue weighted by molar-refractivity contribution is -0.139. The number of hydrogen-bond donors (Lipinski definition) is 2. The molecule has 1 rings (SSSR count). The fourth-order valence-corrected chi connectivity index (χ4v) is 1.32. The highest BCUT2D eigenvalue weighted by molar-refractivity contribution is 5.40. The highest BCUT2D eigenvalue weighted by Crippen LogP contribution is 2.24. The maximum absolute atomic E-state index is 13.4. The van der Waals surface area contributed by atoms with Gasteiger partial charge >= 0.3 is 12.4 Å². The van der Waals surface area contributed by atoms with Gasteiger partial charge in [0.05, 0.1) is 0 Å². The monoisotopic (exact) mass is 387 g/mol. The van der Waals surface area contributed by atoms with E-state index < -0.39 is 47.8 Å². The predicted octanol–water partition coefficient (Wildman–Crippen LogP) is 3.70. The van der Waals surface area contributed by atoms with Crippen molar-refractivity contribution in [3.63, 3.8) is 0 Å². The smallest absolute Gasteiger partial charge is 0.343 e. The molecule has 0 aromatic carbocycles. The van der Waals surface area contributed by atoms with Crippen LogP contribution in [0.15, 0.2) is 0 Å². The molecule has 0 radical (unpaired) electrons. The quantitative estimate of drug-likeness (QED) is 0.610. The van der Waals surface area contributed by atoms with Crippen molar-refractivity contribution in [3.8, 4) is 11.8 Å². The molecule has 1 aromatic heterocycles. The highest BCUT2D eigenvalue weighted by Gasteiger charge is 2.38. The molecule has 0 fully saturated rings. The summed E-state index contributed by atoms with van der Waals surface area (Å²) in [6, 6.07) is -4.17. The summed E-state index contributed by atoms with van der Waals surface area (Å²) in [6.45, 7) is 3.75. The van der Waals surface area contributed by atoms with Crippen molar-refractivity contribution < 1.29 is 30.7 Å². The van der Waals surface area contributed by atoms with Gasteiger partial charge in [-0.05, 0) is 33.6 Å². The van der Waals surface area contributed by atoms with Gasteiger partial charge in [0.25, 0.3) is 0 Å². The van der Waals surface area contributed by atoms with Gasteiger partial charge in [-0.1, -0.05) is 5.92 Å². The minimum atomic E-state index is -4.65. The average Bonchev–Trinajstić information content (AvgIpc) is 2.42. The number of hydrogen-bond acceptors (Lipinski definition) is 5. The summed E-state index contributed by atoms with van der Waals surface area (Å²) in [6.07, 6.45) is -9.29. The van der Waals surface area contributed by atoms with E-state index in [1.165, 1.54) is 0 Å². The zero-order chi connectivity index (χ0) is 20.3. The summed E-state index contributed by atoms with van der Waals surface area (Å²) < 4.78 is 89.2. The molecule has 0 bridgehead atoms. The Morgan fingerprint density at radius 2 is 1.15 bits per heavy atom. The third-order valence-corrected chi connectivity index (χ3v) is 2.78. The van der Waals surface area contributed by atoms with Crippen LogP contribution in [0.1, 0.15) is 33.5 Å². The van der Waals surface area contributed by atoms with E-state index in [-0.39, 0.29) is 0 Å². The molecule has 0 aliphatic carbocycles. The van der Waals surface area contributed by atoms with Gasteiger partial charge in [0.1, 0.15) is 12.1 Å². The molecule has 0 aliphatic rings. The van der Waals surface area contributed by atoms with E-state index >= 15 is 0 Å². The van der Waals surface area contributed by atoms with E-state index in [1.807, 2.05) is 10.6 Å². The molecular formula is C14H16F7N5. The Morgan fingerprint density at radius 1 is 0.769 bits per heavy atom. The zero-order valence-electron chi connectivity index (χ0n) is 14.1. The number of rotatable bonds is 4. The van der Waals surface area contributed by atoms with E-state index in [2.05, 4.69) is 26.8 Å². The summed E-state index contributed by atoms with van der Waals surface area (Å²) in [5.41, 5.74) is -1.97. The molecule has 5 nitrogen and oxygen atoms in total. The van der Waals surface area contributed by atoms with Crippen molar-refractivity contribution in [2.45, 2.75) is 57.8 Å². The van der Waals surface area contributed by atoms with Crippen LogP contribution in [0.4, 0.5) is 42.6 Å². The molecule has 0 amide bonds. The van der Waals surface area contributed by atoms with Crippen molar-refractivity contribution in [2.75, 3.05) is 10.6 Å². The van der Waals surface area contributed by atoms with Gasteiger partial charge < -0.3 is 10.6 Å². The van der Waals surface area contributed by atoms with Crippen molar-refractivity contribution in [3.05, 3.63) is 5.82 Å². The van der Waals surface area contributed by atoms with Crippen molar-refractivity contribution in [1.29, 1.82) is 0 Å². The second kappa shape index (κ2) is 7.51. The fourth-order valence-electron chi connectivity index (χ4n) is 1.32. The number of alkyl halides is 7. The van der Waals surface area contributed by atoms with Gasteiger partial charge in [0.15, 0.2) is 5.67 Å². The van der Waals surface area contributed by atoms with Crippen LogP contribution in [-0.4, -0.2) is 45.1 Å². The maximum atomic E-state index is 13.4. The largest absolute Gasteiger partial charge is 0.408 e. The van der Waals surface area contributed by atoms with E-state index in [9.17, 15) is 30.7 Å². The third kappa shape index (κ3) is 7.28. The summed E-state index contributed by atoms with van der Waals surface area (Å²) in [5.74, 6) is 2.46. The van der Waals surface area contributed by atoms with Crippen molar-refractivity contribution in [1.82, 2.24) is 15.0 Å². The summed E-state index contributed by atoms with van der Waals surface area (Å²) in [7, 11) is 0. The molecule has 0 spiro atoms. The van der Waals surface area contributed by atoms with E-state index in [0.29, 0.717) is 0 Å². The summed E-state index contributed by atoms with van der Waals surface area (Å²) in [4.78, 5) is 10.6. The van der Waals surface area contributed by atoms with E-state index in [4.69, 9.17) is 0 Å². The number of halogens is 7. The topological polar surface area (TPSA) is 62.7 Å². The summed E-state index contributed by atoms with van der Waals surface area (Å²) in [5, 5.41) is 3.80. The minimum absolute atomic E-state index is 0.487. The van der Waals surface area contributed by atoms with Crippen LogP contribution >= 0.6 is 0 Å². The standard InChI is InChI=1S/C14H16F7N5/c1-7(13(16,17)18)22-10-24-9(5-6-12(3,4)15)25-11(26-10)23-8(2)14(19,20)21/h7-8H,1-4H3,(H2,22,23,24,25,26)/t7-,8-/m1/s1. The lowest BCUT2D eigenvalue weighted by Crippen LogP contribution is -2.35. The van der Waals surface area contributed by atoms with Gasteiger partial charge in [0.2, 0.25) is 17.7 Å². The Kier molecular flexibility index (Phi) is 6.27. The SMILES string of the molecule is C[C@@H](Nc1nc(C#CC(C)(C)F)nc(N[C@H](C)C(F)(F)F)n1)C(F)(F)F. The minimum Gasteiger partial charge on any atom is -0.343 e. The van der Waals surface area contributed by atoms with Crippen LogP contribution in [0.2, 0.25) is 0 Å². The lowest BCUT2D eigenvalue weighted by Gasteiger charge is -2.19. The van der Waals surface area contributed by atoms with Gasteiger partial charge in [-0.15, -0.1) is 0 Å². The van der Waals surface area contributed by atoms with Gasteiger partial charge in [-0.25, -0.2) is 4.39 Å². The van der Waals surface area contributed by atoms with Crippen LogP contribution in [0.25, 0.3) is 0 Å². The second-order valence-electron chi connectivity index (χ2n) is 5.84. The first-order chi connectivity index (χ1) is 11.6. The Hall–Kier alpha value is -2.32.